The van der Waals surface area contributed by atoms with Crippen molar-refractivity contribution in [3.63, 3.8) is 0 Å². The van der Waals surface area contributed by atoms with E-state index in [4.69, 9.17) is 19.0 Å². The number of hydrogen-bond acceptors (Lipinski definition) is 7. The summed E-state index contributed by atoms with van der Waals surface area (Å²) in [5, 5.41) is 1.64. The van der Waals surface area contributed by atoms with E-state index in [2.05, 4.69) is 0 Å². The molecule has 0 aromatic heterocycles. The molecule has 3 atom stereocenters. The topological polar surface area (TPSA) is 74.3 Å². The van der Waals surface area contributed by atoms with Crippen LogP contribution in [-0.4, -0.2) is 38.0 Å². The number of fused-ring (bicyclic) bond motifs is 1. The van der Waals surface area contributed by atoms with E-state index in [9.17, 15) is 9.59 Å². The number of anilines is 1. The first-order valence-electron chi connectivity index (χ1n) is 11.1. The lowest BCUT2D eigenvalue weighted by atomic mass is 9.70. The molecule has 0 saturated carbocycles. The summed E-state index contributed by atoms with van der Waals surface area (Å²) < 4.78 is 16.9. The molecule has 7 heteroatoms. The lowest BCUT2D eigenvalue weighted by Crippen LogP contribution is -2.52. The fraction of sp³-hybridized carbons (Fsp3) is 0.440. The minimum Gasteiger partial charge on any atom is -0.465 e. The second-order valence-electron chi connectivity index (χ2n) is 7.98. The van der Waals surface area contributed by atoms with E-state index >= 15 is 0 Å². The number of nitrogens with zero attached hydrogens (tertiary/aromatic N) is 1. The second-order valence-corrected chi connectivity index (χ2v) is 7.98. The maximum absolute atomic E-state index is 13.7. The van der Waals surface area contributed by atoms with Crippen LogP contribution in [0, 0.1) is 11.3 Å². The molecule has 170 valence electrons. The quantitative estimate of drug-likeness (QED) is 0.497. The van der Waals surface area contributed by atoms with E-state index in [0.29, 0.717) is 18.7 Å². The van der Waals surface area contributed by atoms with Crippen molar-refractivity contribution in [2.45, 2.75) is 39.0 Å². The smallest absolute Gasteiger partial charge is 0.326 e. The van der Waals surface area contributed by atoms with E-state index in [-0.39, 0.29) is 25.6 Å². The number of esters is 2. The highest BCUT2D eigenvalue weighted by atomic mass is 16.8. The van der Waals surface area contributed by atoms with Crippen LogP contribution >= 0.6 is 0 Å². The minimum atomic E-state index is -1.63. The van der Waals surface area contributed by atoms with Crippen molar-refractivity contribution in [2.75, 3.05) is 24.9 Å². The van der Waals surface area contributed by atoms with Gasteiger partial charge >= 0.3 is 11.9 Å². The van der Waals surface area contributed by atoms with Crippen LogP contribution in [0.3, 0.4) is 0 Å². The van der Waals surface area contributed by atoms with Crippen LogP contribution < -0.4 is 5.06 Å². The average molecular weight is 440 g/mol. The highest BCUT2D eigenvalue weighted by Crippen LogP contribution is 2.52. The van der Waals surface area contributed by atoms with Gasteiger partial charge in [-0.05, 0) is 44.4 Å². The van der Waals surface area contributed by atoms with Gasteiger partial charge in [0.15, 0.2) is 11.7 Å². The predicted octanol–water partition coefficient (Wildman–Crippen LogP) is 4.04. The van der Waals surface area contributed by atoms with Gasteiger partial charge in [0.1, 0.15) is 6.04 Å². The van der Waals surface area contributed by atoms with Crippen molar-refractivity contribution >= 4 is 17.6 Å². The summed E-state index contributed by atoms with van der Waals surface area (Å²) in [5.74, 6) is -1.38. The van der Waals surface area contributed by atoms with Gasteiger partial charge in [-0.15, -0.1) is 0 Å². The molecule has 2 aromatic rings. The summed E-state index contributed by atoms with van der Waals surface area (Å²) in [5.41, 5.74) is -0.177. The Bertz CT molecular complexity index is 901. The molecule has 0 N–H and O–H groups in total. The summed E-state index contributed by atoms with van der Waals surface area (Å²) in [4.78, 5) is 33.8. The molecule has 4 rings (SSSR count). The number of benzene rings is 2. The van der Waals surface area contributed by atoms with Crippen LogP contribution in [0.2, 0.25) is 0 Å². The Morgan fingerprint density at radius 1 is 0.969 bits per heavy atom. The molecule has 0 bridgehead atoms. The zero-order valence-electron chi connectivity index (χ0n) is 18.4. The molecule has 0 spiro atoms. The maximum atomic E-state index is 13.7. The van der Waals surface area contributed by atoms with E-state index in [1.165, 1.54) is 0 Å². The Balaban J connectivity index is 1.97. The standard InChI is InChI=1S/C25H29NO6/c1-3-29-23(27)25(24(28)30-4-2)17-19-15-16-31-22(19)32-26(20-13-9-6-10-14-20)21(25)18-11-7-5-8-12-18/h5-14,19,21-22H,3-4,15-17H2,1-2H3/t19-,21+,22+/m1/s1. The van der Waals surface area contributed by atoms with Crippen LogP contribution in [0.4, 0.5) is 5.69 Å². The Morgan fingerprint density at radius 3 is 2.16 bits per heavy atom. The molecular formula is C25H29NO6. The molecule has 2 fully saturated rings. The lowest BCUT2D eigenvalue weighted by molar-refractivity contribution is -0.176. The Morgan fingerprint density at radius 2 is 1.56 bits per heavy atom. The van der Waals surface area contributed by atoms with Gasteiger partial charge in [0.25, 0.3) is 0 Å². The molecule has 0 aliphatic carbocycles. The van der Waals surface area contributed by atoms with E-state index < -0.39 is 29.7 Å². The number of carbonyl (C=O) groups is 2. The van der Waals surface area contributed by atoms with Crippen LogP contribution in [0.25, 0.3) is 0 Å². The van der Waals surface area contributed by atoms with Crippen LogP contribution in [0.15, 0.2) is 60.7 Å². The first-order chi connectivity index (χ1) is 15.6. The Kier molecular flexibility index (Phi) is 6.77. The van der Waals surface area contributed by atoms with E-state index in [1.807, 2.05) is 60.7 Å². The average Bonchev–Trinajstić information content (AvgIpc) is 3.19. The van der Waals surface area contributed by atoms with E-state index in [1.54, 1.807) is 18.9 Å². The summed E-state index contributed by atoms with van der Waals surface area (Å²) in [6.45, 7) is 4.27. The van der Waals surface area contributed by atoms with Gasteiger partial charge in [0.2, 0.25) is 0 Å². The zero-order chi connectivity index (χ0) is 22.6. The molecule has 0 unspecified atom stereocenters. The SMILES string of the molecule is CCOC(=O)C1(C(=O)OCC)C[C@H]2CCO[C@H]2ON(c2ccccc2)[C@H]1c1ccccc1. The number of hydrogen-bond donors (Lipinski definition) is 0. The number of para-hydroxylation sites is 1. The monoisotopic (exact) mass is 439 g/mol. The number of carbonyl (C=O) groups excluding carboxylic acids is 2. The minimum absolute atomic E-state index is 0.151. The fourth-order valence-corrected chi connectivity index (χ4v) is 4.65. The van der Waals surface area contributed by atoms with Crippen LogP contribution in [0.5, 0.6) is 0 Å². The van der Waals surface area contributed by atoms with Gasteiger partial charge in [-0.2, -0.15) is 0 Å². The fourth-order valence-electron chi connectivity index (χ4n) is 4.65. The van der Waals surface area contributed by atoms with E-state index in [0.717, 1.165) is 5.56 Å². The van der Waals surface area contributed by atoms with Crippen molar-refractivity contribution < 1.29 is 28.6 Å². The largest absolute Gasteiger partial charge is 0.465 e. The van der Waals surface area contributed by atoms with Crippen molar-refractivity contribution in [3.05, 3.63) is 66.2 Å². The first-order valence-corrected chi connectivity index (χ1v) is 11.1. The van der Waals surface area contributed by atoms with Crippen molar-refractivity contribution in [1.82, 2.24) is 0 Å². The lowest BCUT2D eigenvalue weighted by Gasteiger charge is -2.41. The van der Waals surface area contributed by atoms with Gasteiger partial charge in [0.05, 0.1) is 25.5 Å². The zero-order valence-corrected chi connectivity index (χ0v) is 18.4. The summed E-state index contributed by atoms with van der Waals surface area (Å²) in [7, 11) is 0. The second kappa shape index (κ2) is 9.71. The molecule has 2 heterocycles. The summed E-state index contributed by atoms with van der Waals surface area (Å²) >= 11 is 0. The first kappa shape index (κ1) is 22.3. The molecule has 7 nitrogen and oxygen atoms in total. The number of hydroxylamine groups is 1. The molecule has 2 aromatic carbocycles. The predicted molar refractivity (Wildman–Crippen MR) is 117 cm³/mol. The van der Waals surface area contributed by atoms with Gasteiger partial charge in [0, 0.05) is 5.92 Å². The normalized spacial score (nSPS) is 24.3. The van der Waals surface area contributed by atoms with Crippen molar-refractivity contribution in [3.8, 4) is 0 Å². The highest BCUT2D eigenvalue weighted by Gasteiger charge is 2.62. The van der Waals surface area contributed by atoms with Gasteiger partial charge in [-0.25, -0.2) is 9.90 Å². The Labute approximate surface area is 188 Å². The summed E-state index contributed by atoms with van der Waals surface area (Å²) in [6.07, 6.45) is 0.306. The van der Waals surface area contributed by atoms with Crippen molar-refractivity contribution in [2.24, 2.45) is 11.3 Å². The van der Waals surface area contributed by atoms with Crippen LogP contribution in [0.1, 0.15) is 38.3 Å². The number of ether oxygens (including phenoxy) is 3. The molecule has 2 aliphatic rings. The molecule has 2 aliphatic heterocycles. The third kappa shape index (κ3) is 3.98. The number of rotatable bonds is 6. The molecule has 2 saturated heterocycles. The third-order valence-corrected chi connectivity index (χ3v) is 6.06. The third-order valence-electron chi connectivity index (χ3n) is 6.06. The molecular weight excluding hydrogens is 410 g/mol. The van der Waals surface area contributed by atoms with Gasteiger partial charge in [-0.3, -0.25) is 9.59 Å². The van der Waals surface area contributed by atoms with Crippen molar-refractivity contribution in [1.29, 1.82) is 0 Å². The summed E-state index contributed by atoms with van der Waals surface area (Å²) in [6, 6.07) is 18.0. The van der Waals surface area contributed by atoms with Crippen LogP contribution in [-0.2, 0) is 28.6 Å². The van der Waals surface area contributed by atoms with Gasteiger partial charge < -0.3 is 14.2 Å². The Hall–Kier alpha value is -2.90. The molecule has 32 heavy (non-hydrogen) atoms. The molecule has 0 radical (unpaired) electrons. The highest BCUT2D eigenvalue weighted by molar-refractivity contribution is 6.02. The maximum Gasteiger partial charge on any atom is 0.326 e. The molecule has 0 amide bonds. The van der Waals surface area contributed by atoms with Gasteiger partial charge in [-0.1, -0.05) is 48.5 Å².